The second-order valence-corrected chi connectivity index (χ2v) is 4.32. The van der Waals surface area contributed by atoms with Gasteiger partial charge in [0, 0.05) is 6.54 Å². The molecule has 0 aromatic carbocycles. The maximum atomic E-state index is 3.89. The fourth-order valence-electron chi connectivity index (χ4n) is 2.32. The van der Waals surface area contributed by atoms with Gasteiger partial charge in [-0.1, -0.05) is 24.3 Å². The molecule has 1 nitrogen and oxygen atoms in total. The Morgan fingerprint density at radius 2 is 2.13 bits per heavy atom. The van der Waals surface area contributed by atoms with E-state index in [4.69, 9.17) is 0 Å². The standard InChI is InChI=1S/C14H23N/c1-5-11(3)14(12(4)6-2)13-8-7-9-15-10-13/h5-6,13,15H,1,7-10H2,2-4H3/b12-6-,14-11+. The van der Waals surface area contributed by atoms with Crippen LogP contribution < -0.4 is 5.32 Å². The zero-order chi connectivity index (χ0) is 11.3. The predicted octanol–water partition coefficient (Wildman–Crippen LogP) is 3.45. The predicted molar refractivity (Wildman–Crippen MR) is 67.9 cm³/mol. The molecule has 1 heterocycles. The zero-order valence-electron chi connectivity index (χ0n) is 10.3. The van der Waals surface area contributed by atoms with Gasteiger partial charge in [0.05, 0.1) is 0 Å². The summed E-state index contributed by atoms with van der Waals surface area (Å²) in [4.78, 5) is 0. The molecule has 0 aromatic heterocycles. The molecule has 0 radical (unpaired) electrons. The van der Waals surface area contributed by atoms with Gasteiger partial charge in [0.25, 0.3) is 0 Å². The highest BCUT2D eigenvalue weighted by molar-refractivity contribution is 5.39. The van der Waals surface area contributed by atoms with Crippen molar-refractivity contribution in [2.75, 3.05) is 13.1 Å². The van der Waals surface area contributed by atoms with Gasteiger partial charge < -0.3 is 5.32 Å². The molecule has 0 spiro atoms. The molecule has 1 saturated heterocycles. The van der Waals surface area contributed by atoms with Crippen molar-refractivity contribution in [1.82, 2.24) is 5.32 Å². The van der Waals surface area contributed by atoms with Crippen molar-refractivity contribution in [2.45, 2.75) is 33.6 Å². The van der Waals surface area contributed by atoms with Crippen molar-refractivity contribution in [3.8, 4) is 0 Å². The Labute approximate surface area is 94.0 Å². The number of nitrogens with one attached hydrogen (secondary N) is 1. The molecule has 15 heavy (non-hydrogen) atoms. The van der Waals surface area contributed by atoms with Crippen molar-refractivity contribution >= 4 is 0 Å². The molecule has 0 bridgehead atoms. The van der Waals surface area contributed by atoms with Crippen LogP contribution in [0, 0.1) is 5.92 Å². The molecular weight excluding hydrogens is 182 g/mol. The van der Waals surface area contributed by atoms with Crippen LogP contribution in [-0.4, -0.2) is 13.1 Å². The molecule has 1 aliphatic rings. The number of allylic oxidation sites excluding steroid dienone is 4. The van der Waals surface area contributed by atoms with Gasteiger partial charge in [-0.05, 0) is 57.2 Å². The lowest BCUT2D eigenvalue weighted by Crippen LogP contribution is -2.31. The highest BCUT2D eigenvalue weighted by Crippen LogP contribution is 2.28. The summed E-state index contributed by atoms with van der Waals surface area (Å²) in [7, 11) is 0. The Hall–Kier alpha value is -0.820. The highest BCUT2D eigenvalue weighted by atomic mass is 14.9. The first-order valence-electron chi connectivity index (χ1n) is 5.88. The topological polar surface area (TPSA) is 12.0 Å². The van der Waals surface area contributed by atoms with Crippen LogP contribution in [0.5, 0.6) is 0 Å². The summed E-state index contributed by atoms with van der Waals surface area (Å²) in [5.74, 6) is 0.674. The number of hydrogen-bond donors (Lipinski definition) is 1. The second kappa shape index (κ2) is 5.92. The number of hydrogen-bond acceptors (Lipinski definition) is 1. The van der Waals surface area contributed by atoms with E-state index in [2.05, 4.69) is 38.7 Å². The van der Waals surface area contributed by atoms with Crippen molar-refractivity contribution < 1.29 is 0 Å². The van der Waals surface area contributed by atoms with Gasteiger partial charge in [-0.15, -0.1) is 0 Å². The lowest BCUT2D eigenvalue weighted by Gasteiger charge is -2.27. The fourth-order valence-corrected chi connectivity index (χ4v) is 2.32. The van der Waals surface area contributed by atoms with Gasteiger partial charge >= 0.3 is 0 Å². The molecule has 1 aliphatic heterocycles. The summed E-state index contributed by atoms with van der Waals surface area (Å²) < 4.78 is 0. The van der Waals surface area contributed by atoms with E-state index in [1.807, 2.05) is 6.08 Å². The van der Waals surface area contributed by atoms with Gasteiger partial charge in [-0.25, -0.2) is 0 Å². The highest BCUT2D eigenvalue weighted by Gasteiger charge is 2.19. The lowest BCUT2D eigenvalue weighted by atomic mass is 9.84. The molecule has 0 aromatic rings. The lowest BCUT2D eigenvalue weighted by molar-refractivity contribution is 0.423. The van der Waals surface area contributed by atoms with E-state index < -0.39 is 0 Å². The molecule has 1 rings (SSSR count). The average molecular weight is 205 g/mol. The van der Waals surface area contributed by atoms with Crippen LogP contribution in [0.25, 0.3) is 0 Å². The van der Waals surface area contributed by atoms with Crippen LogP contribution in [0.2, 0.25) is 0 Å². The van der Waals surface area contributed by atoms with Crippen LogP contribution in [0.3, 0.4) is 0 Å². The third-order valence-corrected chi connectivity index (χ3v) is 3.29. The van der Waals surface area contributed by atoms with E-state index in [1.54, 1.807) is 0 Å². The largest absolute Gasteiger partial charge is 0.316 e. The van der Waals surface area contributed by atoms with Crippen LogP contribution in [-0.2, 0) is 0 Å². The molecular formula is C14H23N. The third kappa shape index (κ3) is 3.07. The Bertz CT molecular complexity index is 278. The first kappa shape index (κ1) is 12.3. The van der Waals surface area contributed by atoms with E-state index in [0.717, 1.165) is 6.54 Å². The van der Waals surface area contributed by atoms with Crippen LogP contribution >= 0.6 is 0 Å². The van der Waals surface area contributed by atoms with E-state index in [-0.39, 0.29) is 0 Å². The van der Waals surface area contributed by atoms with Crippen LogP contribution in [0.15, 0.2) is 35.5 Å². The molecule has 1 fully saturated rings. The molecule has 84 valence electrons. The Morgan fingerprint density at radius 3 is 2.60 bits per heavy atom. The quantitative estimate of drug-likeness (QED) is 0.696. The van der Waals surface area contributed by atoms with Gasteiger partial charge in [0.2, 0.25) is 0 Å². The molecule has 0 amide bonds. The molecule has 1 heteroatoms. The van der Waals surface area contributed by atoms with E-state index in [0.29, 0.717) is 5.92 Å². The van der Waals surface area contributed by atoms with E-state index in [9.17, 15) is 0 Å². The third-order valence-electron chi connectivity index (χ3n) is 3.29. The van der Waals surface area contributed by atoms with Crippen molar-refractivity contribution in [1.29, 1.82) is 0 Å². The van der Waals surface area contributed by atoms with Gasteiger partial charge in [0.15, 0.2) is 0 Å². The maximum Gasteiger partial charge on any atom is 0.00203 e. The number of piperidine rings is 1. The van der Waals surface area contributed by atoms with Crippen molar-refractivity contribution in [3.63, 3.8) is 0 Å². The summed E-state index contributed by atoms with van der Waals surface area (Å²) in [5, 5.41) is 3.48. The molecule has 0 saturated carbocycles. The van der Waals surface area contributed by atoms with Gasteiger partial charge in [-0.2, -0.15) is 0 Å². The summed E-state index contributed by atoms with van der Waals surface area (Å²) in [5.41, 5.74) is 4.24. The monoisotopic (exact) mass is 205 g/mol. The minimum atomic E-state index is 0.674. The summed E-state index contributed by atoms with van der Waals surface area (Å²) >= 11 is 0. The second-order valence-electron chi connectivity index (χ2n) is 4.32. The van der Waals surface area contributed by atoms with Crippen LogP contribution in [0.1, 0.15) is 33.6 Å². The maximum absolute atomic E-state index is 3.89. The Morgan fingerprint density at radius 1 is 1.40 bits per heavy atom. The molecule has 0 aliphatic carbocycles. The Balaban J connectivity index is 2.95. The normalized spacial score (nSPS) is 24.7. The molecule has 1 atom stereocenters. The minimum Gasteiger partial charge on any atom is -0.316 e. The van der Waals surface area contributed by atoms with Crippen LogP contribution in [0.4, 0.5) is 0 Å². The Kier molecular flexibility index (Phi) is 4.83. The molecule has 1 N–H and O–H groups in total. The first-order chi connectivity index (χ1) is 7.20. The van der Waals surface area contributed by atoms with E-state index in [1.165, 1.54) is 36.1 Å². The zero-order valence-corrected chi connectivity index (χ0v) is 10.3. The summed E-state index contributed by atoms with van der Waals surface area (Å²) in [6.45, 7) is 12.7. The number of rotatable bonds is 3. The minimum absolute atomic E-state index is 0.674. The first-order valence-corrected chi connectivity index (χ1v) is 5.88. The van der Waals surface area contributed by atoms with Crippen molar-refractivity contribution in [3.05, 3.63) is 35.5 Å². The SMILES string of the molecule is C=C/C(C)=C(\C(C)=C/C)C1CCCNC1. The van der Waals surface area contributed by atoms with Gasteiger partial charge in [0.1, 0.15) is 0 Å². The van der Waals surface area contributed by atoms with Gasteiger partial charge in [-0.3, -0.25) is 0 Å². The average Bonchev–Trinajstić information content (AvgIpc) is 2.30. The van der Waals surface area contributed by atoms with Crippen molar-refractivity contribution in [2.24, 2.45) is 5.92 Å². The summed E-state index contributed by atoms with van der Waals surface area (Å²) in [6, 6.07) is 0. The summed E-state index contributed by atoms with van der Waals surface area (Å²) in [6.07, 6.45) is 6.78. The van der Waals surface area contributed by atoms with E-state index >= 15 is 0 Å². The fraction of sp³-hybridized carbons (Fsp3) is 0.571. The smallest absolute Gasteiger partial charge is 0.00203 e. The molecule has 1 unspecified atom stereocenters.